The SMILES string of the molecule is CCCNC(=O)C1CCCN(C(=O)c2cccc(NC(=O)C(C)(C)C)c2)C1. The first-order chi connectivity index (χ1) is 12.7. The van der Waals surface area contributed by atoms with Gasteiger partial charge in [-0.05, 0) is 37.5 Å². The van der Waals surface area contributed by atoms with Crippen LogP contribution in [-0.2, 0) is 9.59 Å². The molecule has 1 fully saturated rings. The fraction of sp³-hybridized carbons (Fsp3) is 0.571. The Morgan fingerprint density at radius 2 is 1.96 bits per heavy atom. The van der Waals surface area contributed by atoms with E-state index in [4.69, 9.17) is 0 Å². The zero-order valence-electron chi connectivity index (χ0n) is 16.8. The number of anilines is 1. The van der Waals surface area contributed by atoms with E-state index in [1.807, 2.05) is 27.7 Å². The summed E-state index contributed by atoms with van der Waals surface area (Å²) in [4.78, 5) is 39.0. The van der Waals surface area contributed by atoms with Crippen molar-refractivity contribution in [2.45, 2.75) is 47.0 Å². The summed E-state index contributed by atoms with van der Waals surface area (Å²) in [5.74, 6) is -0.328. The van der Waals surface area contributed by atoms with Crippen LogP contribution in [-0.4, -0.2) is 42.3 Å². The number of carbonyl (C=O) groups excluding carboxylic acids is 3. The molecule has 1 aromatic rings. The Bertz CT molecular complexity index is 694. The van der Waals surface area contributed by atoms with Gasteiger partial charge in [0.25, 0.3) is 5.91 Å². The van der Waals surface area contributed by atoms with Gasteiger partial charge >= 0.3 is 0 Å². The quantitative estimate of drug-likeness (QED) is 0.833. The average Bonchev–Trinajstić information content (AvgIpc) is 2.65. The molecule has 1 unspecified atom stereocenters. The Morgan fingerprint density at radius 1 is 1.22 bits per heavy atom. The largest absolute Gasteiger partial charge is 0.356 e. The number of hydrogen-bond donors (Lipinski definition) is 2. The maximum absolute atomic E-state index is 12.9. The molecule has 148 valence electrons. The molecule has 1 aliphatic rings. The van der Waals surface area contributed by atoms with E-state index in [1.54, 1.807) is 29.2 Å². The molecule has 0 bridgehead atoms. The lowest BCUT2D eigenvalue weighted by atomic mass is 9.95. The third-order valence-corrected chi connectivity index (χ3v) is 4.68. The van der Waals surface area contributed by atoms with Gasteiger partial charge in [0.05, 0.1) is 5.92 Å². The molecule has 1 heterocycles. The number of carbonyl (C=O) groups is 3. The lowest BCUT2D eigenvalue weighted by Crippen LogP contribution is -2.45. The maximum atomic E-state index is 12.9. The van der Waals surface area contributed by atoms with Crippen molar-refractivity contribution in [2.24, 2.45) is 11.3 Å². The van der Waals surface area contributed by atoms with Crippen molar-refractivity contribution in [1.82, 2.24) is 10.2 Å². The van der Waals surface area contributed by atoms with Crippen molar-refractivity contribution >= 4 is 23.4 Å². The lowest BCUT2D eigenvalue weighted by molar-refractivity contribution is -0.126. The summed E-state index contributed by atoms with van der Waals surface area (Å²) in [6.45, 7) is 9.29. The minimum Gasteiger partial charge on any atom is -0.356 e. The molecule has 0 aromatic heterocycles. The van der Waals surface area contributed by atoms with Crippen LogP contribution in [0, 0.1) is 11.3 Å². The smallest absolute Gasteiger partial charge is 0.253 e. The number of piperidine rings is 1. The molecule has 0 radical (unpaired) electrons. The van der Waals surface area contributed by atoms with Crippen molar-refractivity contribution in [2.75, 3.05) is 25.0 Å². The van der Waals surface area contributed by atoms with Gasteiger partial charge in [-0.1, -0.05) is 33.8 Å². The molecule has 1 aromatic carbocycles. The lowest BCUT2D eigenvalue weighted by Gasteiger charge is -2.32. The minimum absolute atomic E-state index is 0.0283. The highest BCUT2D eigenvalue weighted by molar-refractivity contribution is 5.98. The molecule has 3 amide bonds. The van der Waals surface area contributed by atoms with Gasteiger partial charge in [0.2, 0.25) is 11.8 Å². The van der Waals surface area contributed by atoms with Crippen LogP contribution < -0.4 is 10.6 Å². The predicted molar refractivity (Wildman–Crippen MR) is 106 cm³/mol. The highest BCUT2D eigenvalue weighted by Gasteiger charge is 2.29. The van der Waals surface area contributed by atoms with Crippen molar-refractivity contribution in [3.63, 3.8) is 0 Å². The van der Waals surface area contributed by atoms with Crippen LogP contribution >= 0.6 is 0 Å². The summed E-state index contributed by atoms with van der Waals surface area (Å²) >= 11 is 0. The van der Waals surface area contributed by atoms with Crippen LogP contribution in [0.3, 0.4) is 0 Å². The normalized spacial score (nSPS) is 17.3. The van der Waals surface area contributed by atoms with Gasteiger partial charge in [0, 0.05) is 36.3 Å². The second-order valence-electron chi connectivity index (χ2n) is 8.17. The number of likely N-dealkylation sites (tertiary alicyclic amines) is 1. The second kappa shape index (κ2) is 9.02. The molecular formula is C21H31N3O3. The number of nitrogens with zero attached hydrogens (tertiary/aromatic N) is 1. The van der Waals surface area contributed by atoms with Gasteiger partial charge in [-0.2, -0.15) is 0 Å². The fourth-order valence-electron chi connectivity index (χ4n) is 3.00. The molecular weight excluding hydrogens is 342 g/mol. The van der Waals surface area contributed by atoms with Crippen LogP contribution in [0.2, 0.25) is 0 Å². The topological polar surface area (TPSA) is 78.5 Å². The van der Waals surface area contributed by atoms with Gasteiger partial charge < -0.3 is 15.5 Å². The summed E-state index contributed by atoms with van der Waals surface area (Å²) in [6.07, 6.45) is 2.52. The van der Waals surface area contributed by atoms with Gasteiger partial charge in [0.1, 0.15) is 0 Å². The number of rotatable bonds is 5. The van der Waals surface area contributed by atoms with Crippen molar-refractivity contribution in [3.05, 3.63) is 29.8 Å². The van der Waals surface area contributed by atoms with Crippen molar-refractivity contribution < 1.29 is 14.4 Å². The Labute approximate surface area is 161 Å². The average molecular weight is 373 g/mol. The predicted octanol–water partition coefficient (Wildman–Crippen LogP) is 3.05. The summed E-state index contributed by atoms with van der Waals surface area (Å²) in [7, 11) is 0. The van der Waals surface area contributed by atoms with Gasteiger partial charge in [-0.3, -0.25) is 14.4 Å². The number of amides is 3. The van der Waals surface area contributed by atoms with Gasteiger partial charge in [-0.15, -0.1) is 0 Å². The first kappa shape index (κ1) is 20.9. The van der Waals surface area contributed by atoms with E-state index in [9.17, 15) is 14.4 Å². The Hall–Kier alpha value is -2.37. The van der Waals surface area contributed by atoms with Crippen LogP contribution in [0.25, 0.3) is 0 Å². The van der Waals surface area contributed by atoms with E-state index in [2.05, 4.69) is 10.6 Å². The summed E-state index contributed by atoms with van der Waals surface area (Å²) in [6, 6.07) is 6.99. The molecule has 0 spiro atoms. The summed E-state index contributed by atoms with van der Waals surface area (Å²) in [5, 5.41) is 5.78. The maximum Gasteiger partial charge on any atom is 0.253 e. The van der Waals surface area contributed by atoms with Gasteiger partial charge in [0.15, 0.2) is 0 Å². The second-order valence-corrected chi connectivity index (χ2v) is 8.17. The molecule has 1 atom stereocenters. The number of nitrogens with one attached hydrogen (secondary N) is 2. The molecule has 27 heavy (non-hydrogen) atoms. The Kier molecular flexibility index (Phi) is 6.99. The Balaban J connectivity index is 2.05. The monoisotopic (exact) mass is 373 g/mol. The van der Waals surface area contributed by atoms with Crippen LogP contribution in [0.1, 0.15) is 57.3 Å². The highest BCUT2D eigenvalue weighted by Crippen LogP contribution is 2.22. The van der Waals surface area contributed by atoms with E-state index >= 15 is 0 Å². The van der Waals surface area contributed by atoms with Gasteiger partial charge in [-0.25, -0.2) is 0 Å². The highest BCUT2D eigenvalue weighted by atomic mass is 16.2. The van der Waals surface area contributed by atoms with E-state index in [1.165, 1.54) is 0 Å². The molecule has 2 rings (SSSR count). The molecule has 2 N–H and O–H groups in total. The minimum atomic E-state index is -0.508. The van der Waals surface area contributed by atoms with Crippen molar-refractivity contribution in [3.8, 4) is 0 Å². The third kappa shape index (κ3) is 5.81. The Morgan fingerprint density at radius 3 is 2.63 bits per heavy atom. The van der Waals surface area contributed by atoms with E-state index in [0.717, 1.165) is 19.3 Å². The van der Waals surface area contributed by atoms with E-state index in [-0.39, 0.29) is 23.6 Å². The molecule has 6 heteroatoms. The van der Waals surface area contributed by atoms with Crippen LogP contribution in [0.15, 0.2) is 24.3 Å². The zero-order valence-corrected chi connectivity index (χ0v) is 16.8. The first-order valence-electron chi connectivity index (χ1n) is 9.71. The summed E-state index contributed by atoms with van der Waals surface area (Å²) < 4.78 is 0. The summed E-state index contributed by atoms with van der Waals surface area (Å²) in [5.41, 5.74) is 0.623. The zero-order chi connectivity index (χ0) is 20.0. The standard InChI is InChI=1S/C21H31N3O3/c1-5-11-22-18(25)16-9-7-12-24(14-16)19(26)15-8-6-10-17(13-15)23-20(27)21(2,3)4/h6,8,10,13,16H,5,7,9,11-12,14H2,1-4H3,(H,22,25)(H,23,27). The van der Waals surface area contributed by atoms with Crippen LogP contribution in [0.5, 0.6) is 0 Å². The third-order valence-electron chi connectivity index (χ3n) is 4.68. The van der Waals surface area contributed by atoms with Crippen molar-refractivity contribution in [1.29, 1.82) is 0 Å². The fourth-order valence-corrected chi connectivity index (χ4v) is 3.00. The number of hydrogen-bond acceptors (Lipinski definition) is 3. The van der Waals surface area contributed by atoms with Crippen LogP contribution in [0.4, 0.5) is 5.69 Å². The molecule has 6 nitrogen and oxygen atoms in total. The van der Waals surface area contributed by atoms with E-state index in [0.29, 0.717) is 30.9 Å². The molecule has 0 aliphatic carbocycles. The molecule has 0 saturated carbocycles. The first-order valence-corrected chi connectivity index (χ1v) is 9.71. The number of benzene rings is 1. The molecule has 1 saturated heterocycles. The molecule has 1 aliphatic heterocycles. The van der Waals surface area contributed by atoms with E-state index < -0.39 is 5.41 Å².